The van der Waals surface area contributed by atoms with E-state index in [0.29, 0.717) is 19.4 Å². The van der Waals surface area contributed by atoms with Gasteiger partial charge in [-0.25, -0.2) is 8.42 Å². The van der Waals surface area contributed by atoms with Crippen LogP contribution >= 0.6 is 23.4 Å². The van der Waals surface area contributed by atoms with Crippen LogP contribution in [-0.4, -0.2) is 91.0 Å². The third-order valence-electron chi connectivity index (χ3n) is 7.69. The molecule has 4 aliphatic rings. The number of sulfonamides is 1. The lowest BCUT2D eigenvalue weighted by Gasteiger charge is -2.34. The van der Waals surface area contributed by atoms with Crippen LogP contribution < -0.4 is 4.72 Å². The van der Waals surface area contributed by atoms with Crippen LogP contribution in [0.2, 0.25) is 0 Å². The number of benzene rings is 1. The summed E-state index contributed by atoms with van der Waals surface area (Å²) in [6.07, 6.45) is 8.22. The maximum atomic E-state index is 13.3. The maximum Gasteiger partial charge on any atom is 0.242 e. The Hall–Kier alpha value is -1.59. The summed E-state index contributed by atoms with van der Waals surface area (Å²) in [6.45, 7) is 4.30. The zero-order valence-electron chi connectivity index (χ0n) is 21.0. The predicted molar refractivity (Wildman–Crippen MR) is 147 cm³/mol. The Labute approximate surface area is 228 Å². The SMILES string of the molecule is O=C1[C@@H](NS(=O)(=O)c2cccc(C3=CCC(Cl)S3)c2)CCCN1CC(=O)N1CCC[C@H]1CN1CCCC1. The zero-order chi connectivity index (χ0) is 26.0. The van der Waals surface area contributed by atoms with Gasteiger partial charge >= 0.3 is 0 Å². The topological polar surface area (TPSA) is 90.0 Å². The Balaban J connectivity index is 1.21. The molecule has 4 aliphatic heterocycles. The van der Waals surface area contributed by atoms with Crippen LogP contribution in [0, 0.1) is 0 Å². The van der Waals surface area contributed by atoms with Gasteiger partial charge in [0.1, 0.15) is 6.04 Å². The Bertz CT molecular complexity index is 1150. The fourth-order valence-electron chi connectivity index (χ4n) is 5.77. The van der Waals surface area contributed by atoms with Crippen molar-refractivity contribution in [3.05, 3.63) is 35.9 Å². The fourth-order valence-corrected chi connectivity index (χ4v) is 8.34. The first kappa shape index (κ1) is 27.0. The molecule has 37 heavy (non-hydrogen) atoms. The fraction of sp³-hybridized carbons (Fsp3) is 0.615. The van der Waals surface area contributed by atoms with Gasteiger partial charge in [-0.05, 0) is 75.7 Å². The molecule has 0 bridgehead atoms. The largest absolute Gasteiger partial charge is 0.337 e. The lowest BCUT2D eigenvalue weighted by Crippen LogP contribution is -2.55. The molecule has 0 saturated carbocycles. The lowest BCUT2D eigenvalue weighted by molar-refractivity contribution is -0.143. The third kappa shape index (κ3) is 6.36. The van der Waals surface area contributed by atoms with Crippen molar-refractivity contribution in [3.8, 4) is 0 Å². The number of halogens is 1. The van der Waals surface area contributed by atoms with E-state index < -0.39 is 16.1 Å². The molecule has 2 amide bonds. The number of alkyl halides is 1. The van der Waals surface area contributed by atoms with Crippen LogP contribution in [0.4, 0.5) is 0 Å². The first-order chi connectivity index (χ1) is 17.8. The van der Waals surface area contributed by atoms with Gasteiger partial charge in [-0.15, -0.1) is 23.4 Å². The summed E-state index contributed by atoms with van der Waals surface area (Å²) in [5.74, 6) is -0.361. The minimum absolute atomic E-state index is 0.00795. The first-order valence-corrected chi connectivity index (χ1v) is 16.0. The number of piperidine rings is 1. The molecule has 5 rings (SSSR count). The summed E-state index contributed by atoms with van der Waals surface area (Å²) in [7, 11) is -3.92. The van der Waals surface area contributed by atoms with Gasteiger partial charge in [0.2, 0.25) is 21.8 Å². The number of rotatable bonds is 8. The summed E-state index contributed by atoms with van der Waals surface area (Å²) in [5, 5.41) is 0. The first-order valence-electron chi connectivity index (χ1n) is 13.2. The highest BCUT2D eigenvalue weighted by molar-refractivity contribution is 8.10. The van der Waals surface area contributed by atoms with Crippen LogP contribution in [0.15, 0.2) is 35.2 Å². The average Bonchev–Trinajstić information content (AvgIpc) is 3.65. The molecule has 1 N–H and O–H groups in total. The number of likely N-dealkylation sites (tertiary alicyclic amines) is 3. The van der Waals surface area contributed by atoms with Crippen LogP contribution in [0.25, 0.3) is 4.91 Å². The molecule has 8 nitrogen and oxygen atoms in total. The molecule has 202 valence electrons. The second kappa shape index (κ2) is 11.7. The Morgan fingerprint density at radius 2 is 1.86 bits per heavy atom. The van der Waals surface area contributed by atoms with Gasteiger partial charge in [-0.1, -0.05) is 18.2 Å². The number of hydrogen-bond donors (Lipinski definition) is 1. The maximum absolute atomic E-state index is 13.3. The average molecular weight is 567 g/mol. The van der Waals surface area contributed by atoms with Gasteiger partial charge in [-0.2, -0.15) is 4.72 Å². The van der Waals surface area contributed by atoms with E-state index in [9.17, 15) is 18.0 Å². The molecule has 3 fully saturated rings. The number of amides is 2. The summed E-state index contributed by atoms with van der Waals surface area (Å²) < 4.78 is 29.0. The van der Waals surface area contributed by atoms with Crippen molar-refractivity contribution in [3.63, 3.8) is 0 Å². The molecule has 3 saturated heterocycles. The number of carbonyl (C=O) groups is 2. The van der Waals surface area contributed by atoms with Gasteiger partial charge in [-0.3, -0.25) is 9.59 Å². The number of hydrogen-bond acceptors (Lipinski definition) is 6. The Morgan fingerprint density at radius 3 is 2.62 bits per heavy atom. The lowest BCUT2D eigenvalue weighted by atomic mass is 10.1. The van der Waals surface area contributed by atoms with Crippen LogP contribution in [-0.2, 0) is 19.6 Å². The molecule has 0 aliphatic carbocycles. The molecule has 4 heterocycles. The molecule has 1 unspecified atom stereocenters. The van der Waals surface area contributed by atoms with E-state index in [2.05, 4.69) is 9.62 Å². The standard InChI is InChI=1S/C26H35ClN4O4S2/c27-24-11-10-23(36-24)19-6-3-8-21(16-19)37(34,35)28-22-9-5-14-30(26(22)33)18-25(32)31-15-4-7-20(31)17-29-12-1-2-13-29/h3,6,8,10,16,20,22,24,28H,1-2,4-5,7,9,11-15,17-18H2/t20-,22-,24?/m0/s1. The van der Waals surface area contributed by atoms with Gasteiger partial charge in [0.05, 0.1) is 16.1 Å². The normalized spacial score (nSPS) is 27.2. The highest BCUT2D eigenvalue weighted by Gasteiger charge is 2.36. The van der Waals surface area contributed by atoms with Crippen molar-refractivity contribution >= 4 is 50.1 Å². The number of thioether (sulfide) groups is 1. The monoisotopic (exact) mass is 566 g/mol. The van der Waals surface area contributed by atoms with Gasteiger partial charge in [0, 0.05) is 30.6 Å². The van der Waals surface area contributed by atoms with Gasteiger partial charge < -0.3 is 14.7 Å². The second-order valence-corrected chi connectivity index (χ2v) is 14.1. The van der Waals surface area contributed by atoms with E-state index in [-0.39, 0.29) is 34.0 Å². The minimum atomic E-state index is -3.92. The quantitative estimate of drug-likeness (QED) is 0.486. The summed E-state index contributed by atoms with van der Waals surface area (Å²) in [6, 6.07) is 6.05. The van der Waals surface area contributed by atoms with Crippen LogP contribution in [0.3, 0.4) is 0 Å². The van der Waals surface area contributed by atoms with Crippen LogP contribution in [0.1, 0.15) is 50.5 Å². The number of nitrogens with one attached hydrogen (secondary N) is 1. The van der Waals surface area contributed by atoms with E-state index >= 15 is 0 Å². The molecular weight excluding hydrogens is 532 g/mol. The van der Waals surface area contributed by atoms with Gasteiger partial charge in [0.25, 0.3) is 0 Å². The summed E-state index contributed by atoms with van der Waals surface area (Å²) >= 11 is 7.69. The van der Waals surface area contributed by atoms with Crippen molar-refractivity contribution in [2.45, 2.75) is 66.6 Å². The number of nitrogens with zero attached hydrogens (tertiary/aromatic N) is 3. The molecule has 3 atom stereocenters. The van der Waals surface area contributed by atoms with E-state index in [1.54, 1.807) is 12.1 Å². The molecule has 0 radical (unpaired) electrons. The van der Waals surface area contributed by atoms with Crippen molar-refractivity contribution in [2.24, 2.45) is 0 Å². The number of allylic oxidation sites excluding steroid dienone is 1. The summed E-state index contributed by atoms with van der Waals surface area (Å²) in [4.78, 5) is 33.4. The van der Waals surface area contributed by atoms with Crippen molar-refractivity contribution in [1.82, 2.24) is 19.4 Å². The van der Waals surface area contributed by atoms with Gasteiger partial charge in [0.15, 0.2) is 0 Å². The highest BCUT2D eigenvalue weighted by atomic mass is 35.5. The summed E-state index contributed by atoms with van der Waals surface area (Å²) in [5.41, 5.74) is 0.798. The molecular formula is C26H35ClN4O4S2. The molecule has 1 aromatic carbocycles. The van der Waals surface area contributed by atoms with E-state index in [1.165, 1.54) is 35.6 Å². The molecule has 0 aromatic heterocycles. The smallest absolute Gasteiger partial charge is 0.242 e. The third-order valence-corrected chi connectivity index (χ3v) is 10.7. The minimum Gasteiger partial charge on any atom is -0.337 e. The second-order valence-electron chi connectivity index (χ2n) is 10.3. The van der Waals surface area contributed by atoms with Crippen molar-refractivity contribution in [2.75, 3.05) is 39.3 Å². The zero-order valence-corrected chi connectivity index (χ0v) is 23.4. The Kier molecular flexibility index (Phi) is 8.50. The molecule has 0 spiro atoms. The van der Waals surface area contributed by atoms with Crippen molar-refractivity contribution in [1.29, 1.82) is 0 Å². The van der Waals surface area contributed by atoms with E-state index in [4.69, 9.17) is 11.6 Å². The van der Waals surface area contributed by atoms with E-state index in [0.717, 1.165) is 55.9 Å². The van der Waals surface area contributed by atoms with Crippen LogP contribution in [0.5, 0.6) is 0 Å². The molecule has 11 heteroatoms. The predicted octanol–water partition coefficient (Wildman–Crippen LogP) is 3.09. The number of carbonyl (C=O) groups excluding carboxylic acids is 2. The molecule has 1 aromatic rings. The highest BCUT2D eigenvalue weighted by Crippen LogP contribution is 2.41. The Morgan fingerprint density at radius 1 is 1.08 bits per heavy atom. The van der Waals surface area contributed by atoms with E-state index in [1.807, 2.05) is 17.0 Å². The van der Waals surface area contributed by atoms with Crippen molar-refractivity contribution < 1.29 is 18.0 Å².